The van der Waals surface area contributed by atoms with Crippen LogP contribution >= 0.6 is 11.3 Å². The molecule has 0 bridgehead atoms. The van der Waals surface area contributed by atoms with Crippen molar-refractivity contribution >= 4 is 32.9 Å². The summed E-state index contributed by atoms with van der Waals surface area (Å²) in [5, 5.41) is 4.40. The number of rotatable bonds is 3. The minimum absolute atomic E-state index is 0.589. The second-order valence-corrected chi connectivity index (χ2v) is 6.73. The maximum Gasteiger partial charge on any atom is 0.0913 e. The lowest BCUT2D eigenvalue weighted by Crippen LogP contribution is -1.94. The first-order valence-electron chi connectivity index (χ1n) is 5.72. The summed E-state index contributed by atoms with van der Waals surface area (Å²) in [6, 6.07) is 18.4. The largest absolute Gasteiger partial charge is 0.253 e. The van der Waals surface area contributed by atoms with Crippen LogP contribution in [0.15, 0.2) is 64.2 Å². The van der Waals surface area contributed by atoms with Gasteiger partial charge < -0.3 is 0 Å². The van der Waals surface area contributed by atoms with Crippen LogP contribution in [0.3, 0.4) is 0 Å². The van der Waals surface area contributed by atoms with Gasteiger partial charge >= 0.3 is 0 Å². The lowest BCUT2D eigenvalue weighted by atomic mass is 10.1. The van der Waals surface area contributed by atoms with Crippen LogP contribution in [0.4, 0.5) is 0 Å². The molecule has 90 valence electrons. The molecule has 0 N–H and O–H groups in total. The molecule has 0 aliphatic heterocycles. The smallest absolute Gasteiger partial charge is 0.0913 e. The molecule has 1 unspecified atom stereocenters. The number of benzene rings is 2. The average Bonchev–Trinajstić information content (AvgIpc) is 2.92. The van der Waals surface area contributed by atoms with E-state index in [0.717, 1.165) is 9.77 Å². The summed E-state index contributed by atoms with van der Waals surface area (Å²) in [5.41, 5.74) is 1.13. The highest BCUT2D eigenvalue weighted by Gasteiger charge is 2.06. The third kappa shape index (κ3) is 2.37. The van der Waals surface area contributed by atoms with Crippen LogP contribution in [-0.2, 0) is 16.6 Å². The van der Waals surface area contributed by atoms with Crippen LogP contribution < -0.4 is 0 Å². The molecule has 2 aromatic carbocycles. The summed E-state index contributed by atoms with van der Waals surface area (Å²) in [4.78, 5) is 0. The van der Waals surface area contributed by atoms with Crippen molar-refractivity contribution in [1.82, 2.24) is 0 Å². The third-order valence-corrected chi connectivity index (χ3v) is 5.52. The molecular formula is C15H12OS2. The van der Waals surface area contributed by atoms with Crippen molar-refractivity contribution in [3.8, 4) is 0 Å². The maximum atomic E-state index is 12.1. The Morgan fingerprint density at radius 1 is 0.944 bits per heavy atom. The van der Waals surface area contributed by atoms with Gasteiger partial charge in [-0.05, 0) is 27.8 Å². The third-order valence-electron chi connectivity index (χ3n) is 2.83. The van der Waals surface area contributed by atoms with Crippen molar-refractivity contribution in [2.45, 2.75) is 9.96 Å². The van der Waals surface area contributed by atoms with E-state index < -0.39 is 10.8 Å². The predicted octanol–water partition coefficient (Wildman–Crippen LogP) is 4.21. The van der Waals surface area contributed by atoms with Crippen molar-refractivity contribution in [2.75, 3.05) is 0 Å². The second kappa shape index (κ2) is 5.04. The quantitative estimate of drug-likeness (QED) is 0.698. The van der Waals surface area contributed by atoms with Crippen molar-refractivity contribution < 1.29 is 4.21 Å². The molecule has 0 amide bonds. The Morgan fingerprint density at radius 3 is 2.56 bits per heavy atom. The molecule has 1 heterocycles. The van der Waals surface area contributed by atoms with Gasteiger partial charge in [0.15, 0.2) is 0 Å². The van der Waals surface area contributed by atoms with E-state index in [1.54, 1.807) is 11.3 Å². The molecular weight excluding hydrogens is 260 g/mol. The second-order valence-electron chi connectivity index (χ2n) is 4.10. The van der Waals surface area contributed by atoms with Gasteiger partial charge in [-0.2, -0.15) is 0 Å². The van der Waals surface area contributed by atoms with Gasteiger partial charge in [0, 0.05) is 0 Å². The molecule has 3 heteroatoms. The predicted molar refractivity (Wildman–Crippen MR) is 78.4 cm³/mol. The van der Waals surface area contributed by atoms with Crippen LogP contribution in [-0.4, -0.2) is 4.21 Å². The fourth-order valence-corrected chi connectivity index (χ4v) is 4.02. The van der Waals surface area contributed by atoms with E-state index >= 15 is 0 Å². The Balaban J connectivity index is 1.89. The molecule has 0 radical (unpaired) electrons. The summed E-state index contributed by atoms with van der Waals surface area (Å²) in [5.74, 6) is 0.589. The summed E-state index contributed by atoms with van der Waals surface area (Å²) < 4.78 is 13.1. The Kier molecular flexibility index (Phi) is 3.26. The molecule has 1 aromatic heterocycles. The number of thiophene rings is 1. The van der Waals surface area contributed by atoms with E-state index in [1.165, 1.54) is 10.8 Å². The zero-order valence-electron chi connectivity index (χ0n) is 9.71. The van der Waals surface area contributed by atoms with Gasteiger partial charge in [-0.15, -0.1) is 11.3 Å². The fraction of sp³-hybridized carbons (Fsp3) is 0.0667. The van der Waals surface area contributed by atoms with E-state index in [1.807, 2.05) is 29.6 Å². The van der Waals surface area contributed by atoms with Crippen LogP contribution in [0.25, 0.3) is 10.8 Å². The van der Waals surface area contributed by atoms with Crippen LogP contribution in [0.2, 0.25) is 0 Å². The van der Waals surface area contributed by atoms with E-state index in [0.29, 0.717) is 5.75 Å². The van der Waals surface area contributed by atoms with Crippen LogP contribution in [0.5, 0.6) is 0 Å². The summed E-state index contributed by atoms with van der Waals surface area (Å²) in [6.07, 6.45) is 0. The zero-order valence-corrected chi connectivity index (χ0v) is 11.3. The highest BCUT2D eigenvalue weighted by Crippen LogP contribution is 2.20. The molecule has 3 aromatic rings. The van der Waals surface area contributed by atoms with Crippen LogP contribution in [0, 0.1) is 0 Å². The van der Waals surface area contributed by atoms with E-state index in [2.05, 4.69) is 30.3 Å². The summed E-state index contributed by atoms with van der Waals surface area (Å²) in [6.45, 7) is 0. The average molecular weight is 272 g/mol. The molecule has 1 atom stereocenters. The molecule has 0 aliphatic carbocycles. The lowest BCUT2D eigenvalue weighted by Gasteiger charge is -2.03. The summed E-state index contributed by atoms with van der Waals surface area (Å²) in [7, 11) is -0.928. The SMILES string of the molecule is O=S(Cc1ccc2ccccc2c1)c1cccs1. The molecule has 0 saturated heterocycles. The number of fused-ring (bicyclic) bond motifs is 1. The normalized spacial score (nSPS) is 12.7. The minimum Gasteiger partial charge on any atom is -0.253 e. The van der Waals surface area contributed by atoms with Gasteiger partial charge in [0.05, 0.1) is 20.8 Å². The Labute approximate surface area is 113 Å². The van der Waals surface area contributed by atoms with Crippen LogP contribution in [0.1, 0.15) is 5.56 Å². The van der Waals surface area contributed by atoms with Gasteiger partial charge in [0.25, 0.3) is 0 Å². The molecule has 0 aliphatic rings. The zero-order chi connectivity index (χ0) is 12.4. The molecule has 0 spiro atoms. The highest BCUT2D eigenvalue weighted by molar-refractivity contribution is 7.86. The van der Waals surface area contributed by atoms with Gasteiger partial charge in [-0.1, -0.05) is 48.5 Å². The monoisotopic (exact) mass is 272 g/mol. The van der Waals surface area contributed by atoms with Crippen molar-refractivity contribution in [1.29, 1.82) is 0 Å². The van der Waals surface area contributed by atoms with E-state index in [4.69, 9.17) is 0 Å². The first-order chi connectivity index (χ1) is 8.83. The van der Waals surface area contributed by atoms with E-state index in [-0.39, 0.29) is 0 Å². The Hall–Kier alpha value is -1.45. The van der Waals surface area contributed by atoms with Gasteiger partial charge in [-0.25, -0.2) is 0 Å². The fourth-order valence-electron chi connectivity index (χ4n) is 1.94. The minimum atomic E-state index is -0.928. The topological polar surface area (TPSA) is 17.1 Å². The molecule has 0 fully saturated rings. The Bertz CT molecular complexity index is 687. The number of hydrogen-bond acceptors (Lipinski definition) is 2. The van der Waals surface area contributed by atoms with Crippen molar-refractivity contribution in [2.24, 2.45) is 0 Å². The highest BCUT2D eigenvalue weighted by atomic mass is 32.2. The Morgan fingerprint density at radius 2 is 1.78 bits per heavy atom. The van der Waals surface area contributed by atoms with Crippen molar-refractivity contribution in [3.63, 3.8) is 0 Å². The van der Waals surface area contributed by atoms with Gasteiger partial charge in [-0.3, -0.25) is 4.21 Å². The number of hydrogen-bond donors (Lipinski definition) is 0. The summed E-state index contributed by atoms with van der Waals surface area (Å²) >= 11 is 1.55. The molecule has 1 nitrogen and oxygen atoms in total. The standard InChI is InChI=1S/C15H12OS2/c16-18(15-6-3-9-17-15)11-12-7-8-13-4-1-2-5-14(13)10-12/h1-10H,11H2. The maximum absolute atomic E-state index is 12.1. The molecule has 18 heavy (non-hydrogen) atoms. The first kappa shape index (κ1) is 11.6. The van der Waals surface area contributed by atoms with Gasteiger partial charge in [0.1, 0.15) is 0 Å². The molecule has 0 saturated carbocycles. The van der Waals surface area contributed by atoms with Crippen molar-refractivity contribution in [3.05, 3.63) is 65.5 Å². The lowest BCUT2D eigenvalue weighted by molar-refractivity contribution is 0.684. The first-order valence-corrected chi connectivity index (χ1v) is 7.92. The van der Waals surface area contributed by atoms with Gasteiger partial charge in [0.2, 0.25) is 0 Å². The van der Waals surface area contributed by atoms with E-state index in [9.17, 15) is 4.21 Å². The molecule has 3 rings (SSSR count).